The maximum Gasteiger partial charge on any atom is 0.303 e. The number of nitrogens with one attached hydrogen (secondary N) is 1. The molecule has 0 radical (unpaired) electrons. The summed E-state index contributed by atoms with van der Waals surface area (Å²) in [5.74, 6) is -2.48. The second-order valence-corrected chi connectivity index (χ2v) is 11.5. The second kappa shape index (κ2) is 13.2. The van der Waals surface area contributed by atoms with Crippen LogP contribution in [0.2, 0.25) is 5.02 Å². The van der Waals surface area contributed by atoms with Gasteiger partial charge in [-0.3, -0.25) is 24.0 Å². The third-order valence-corrected chi connectivity index (χ3v) is 7.36. The van der Waals surface area contributed by atoms with Crippen molar-refractivity contribution in [1.82, 2.24) is 0 Å². The Kier molecular flexibility index (Phi) is 9.85. The van der Waals surface area contributed by atoms with Gasteiger partial charge in [0.2, 0.25) is 0 Å². The second-order valence-electron chi connectivity index (χ2n) is 11.0. The summed E-state index contributed by atoms with van der Waals surface area (Å²) in [7, 11) is 0. The Morgan fingerprint density at radius 2 is 1.50 bits per heavy atom. The van der Waals surface area contributed by atoms with Crippen LogP contribution in [0.4, 0.5) is 5.69 Å². The van der Waals surface area contributed by atoms with E-state index in [-0.39, 0.29) is 12.5 Å². The maximum atomic E-state index is 12.4. The van der Waals surface area contributed by atoms with E-state index < -0.39 is 60.0 Å². The Labute approximate surface area is 259 Å². The Morgan fingerprint density at radius 1 is 0.864 bits per heavy atom. The Balaban J connectivity index is 1.72. The van der Waals surface area contributed by atoms with Crippen LogP contribution in [0.3, 0.4) is 0 Å². The number of fused-ring (bicyclic) bond motifs is 1. The van der Waals surface area contributed by atoms with Gasteiger partial charge in [0.05, 0.1) is 5.69 Å². The monoisotopic (exact) mass is 631 g/mol. The average molecular weight is 632 g/mol. The molecular formula is C31H34ClNO11. The standard InChI is InChI=1S/C31H34ClNO11/c1-15(34)39-14-25-27(40-16(2)35)29(42-18(4)37)28(41-17(3)36)26(43-25)20-8-9-22(32)21(13-20)11-19-7-10-24-23(12-19)33-30(38)31(5,6)44-24/h7-10,12-13,25-29H,11,14H2,1-6H3,(H,33,38)/t25-,26+,27-,28+,29-/m1/s1. The summed E-state index contributed by atoms with van der Waals surface area (Å²) in [6.07, 6.45) is -5.61. The van der Waals surface area contributed by atoms with Crippen molar-refractivity contribution in [2.75, 3.05) is 11.9 Å². The summed E-state index contributed by atoms with van der Waals surface area (Å²) in [6.45, 7) is 7.72. The number of esters is 4. The van der Waals surface area contributed by atoms with E-state index in [4.69, 9.17) is 40.0 Å². The maximum absolute atomic E-state index is 12.4. The minimum atomic E-state index is -1.30. The third kappa shape index (κ3) is 7.67. The van der Waals surface area contributed by atoms with Crippen LogP contribution in [0.25, 0.3) is 0 Å². The summed E-state index contributed by atoms with van der Waals surface area (Å²) in [4.78, 5) is 60.5. The first kappa shape index (κ1) is 32.7. The lowest BCUT2D eigenvalue weighted by atomic mass is 9.89. The predicted octanol–water partition coefficient (Wildman–Crippen LogP) is 3.84. The van der Waals surface area contributed by atoms with Gasteiger partial charge in [0.15, 0.2) is 23.9 Å². The molecule has 4 rings (SSSR count). The lowest BCUT2D eigenvalue weighted by Gasteiger charge is -2.44. The number of amides is 1. The molecule has 44 heavy (non-hydrogen) atoms. The molecule has 0 aliphatic carbocycles. The predicted molar refractivity (Wildman–Crippen MR) is 155 cm³/mol. The third-order valence-electron chi connectivity index (χ3n) is 6.99. The van der Waals surface area contributed by atoms with Crippen molar-refractivity contribution >= 4 is 47.1 Å². The first-order valence-corrected chi connectivity index (χ1v) is 14.2. The lowest BCUT2D eigenvalue weighted by Crippen LogP contribution is -2.59. The SMILES string of the molecule is CC(=O)OC[C@H]1O[C@@H](c2ccc(Cl)c(Cc3ccc4c(c3)NC(=O)C(C)(C)O4)c2)[C@H](OC(C)=O)[C@H](OC(C)=O)[C@@H]1OC(C)=O. The Hall–Kier alpha value is -4.16. The molecule has 1 saturated heterocycles. The van der Waals surface area contributed by atoms with Crippen molar-refractivity contribution in [3.05, 3.63) is 58.1 Å². The summed E-state index contributed by atoms with van der Waals surface area (Å²) < 4.78 is 33.9. The highest BCUT2D eigenvalue weighted by Gasteiger charge is 2.52. The van der Waals surface area contributed by atoms with E-state index >= 15 is 0 Å². The van der Waals surface area contributed by atoms with Crippen molar-refractivity contribution in [2.45, 2.75) is 84.1 Å². The number of rotatable bonds is 8. The molecular weight excluding hydrogens is 598 g/mol. The molecule has 13 heteroatoms. The van der Waals surface area contributed by atoms with Gasteiger partial charge in [0, 0.05) is 32.7 Å². The number of carbonyl (C=O) groups is 5. The number of carbonyl (C=O) groups excluding carboxylic acids is 5. The van der Waals surface area contributed by atoms with Gasteiger partial charge in [0.1, 0.15) is 24.6 Å². The van der Waals surface area contributed by atoms with Crippen LogP contribution in [0.1, 0.15) is 64.3 Å². The smallest absolute Gasteiger partial charge is 0.303 e. The van der Waals surface area contributed by atoms with Crippen molar-refractivity contribution < 1.29 is 52.4 Å². The number of hydrogen-bond acceptors (Lipinski definition) is 11. The van der Waals surface area contributed by atoms with Gasteiger partial charge >= 0.3 is 23.9 Å². The van der Waals surface area contributed by atoms with Gasteiger partial charge in [-0.25, -0.2) is 0 Å². The molecule has 2 aromatic rings. The van der Waals surface area contributed by atoms with E-state index in [9.17, 15) is 24.0 Å². The van der Waals surface area contributed by atoms with Crippen LogP contribution in [-0.2, 0) is 54.1 Å². The number of hydrogen-bond donors (Lipinski definition) is 1. The van der Waals surface area contributed by atoms with E-state index in [1.54, 1.807) is 44.2 Å². The summed E-state index contributed by atoms with van der Waals surface area (Å²) >= 11 is 6.60. The molecule has 0 spiro atoms. The molecule has 236 valence electrons. The van der Waals surface area contributed by atoms with Crippen molar-refractivity contribution in [3.8, 4) is 5.75 Å². The van der Waals surface area contributed by atoms with Gasteiger partial charge in [-0.1, -0.05) is 29.8 Å². The normalized spacial score (nSPS) is 23.7. The van der Waals surface area contributed by atoms with Gasteiger partial charge < -0.3 is 33.7 Å². The van der Waals surface area contributed by atoms with Crippen molar-refractivity contribution in [2.24, 2.45) is 0 Å². The van der Waals surface area contributed by atoms with E-state index in [0.29, 0.717) is 34.0 Å². The van der Waals surface area contributed by atoms with Crippen LogP contribution >= 0.6 is 11.6 Å². The molecule has 1 amide bonds. The molecule has 0 bridgehead atoms. The zero-order chi connectivity index (χ0) is 32.3. The average Bonchev–Trinajstić information content (AvgIpc) is 2.91. The fourth-order valence-electron chi connectivity index (χ4n) is 5.09. The van der Waals surface area contributed by atoms with Crippen LogP contribution in [0, 0.1) is 0 Å². The zero-order valence-corrected chi connectivity index (χ0v) is 25.9. The van der Waals surface area contributed by atoms with Crippen LogP contribution in [-0.4, -0.2) is 66.4 Å². The molecule has 0 unspecified atom stereocenters. The quantitative estimate of drug-likeness (QED) is 0.334. The summed E-state index contributed by atoms with van der Waals surface area (Å²) in [5, 5.41) is 3.29. The lowest BCUT2D eigenvalue weighted by molar-refractivity contribution is -0.254. The summed E-state index contributed by atoms with van der Waals surface area (Å²) in [5.41, 5.74) is 1.50. The molecule has 2 aliphatic heterocycles. The van der Waals surface area contributed by atoms with Crippen LogP contribution < -0.4 is 10.1 Å². The number of benzene rings is 2. The highest BCUT2D eigenvalue weighted by Crippen LogP contribution is 2.40. The molecule has 12 nitrogen and oxygen atoms in total. The fraction of sp³-hybridized carbons (Fsp3) is 0.452. The van der Waals surface area contributed by atoms with Gasteiger partial charge in [-0.05, 0) is 55.2 Å². The molecule has 2 aromatic carbocycles. The molecule has 2 heterocycles. The van der Waals surface area contributed by atoms with E-state index in [2.05, 4.69) is 5.32 Å². The van der Waals surface area contributed by atoms with Gasteiger partial charge in [-0.2, -0.15) is 0 Å². The molecule has 1 N–H and O–H groups in total. The largest absolute Gasteiger partial charge is 0.476 e. The Bertz CT molecular complexity index is 1470. The van der Waals surface area contributed by atoms with Gasteiger partial charge in [0.25, 0.3) is 5.91 Å². The zero-order valence-electron chi connectivity index (χ0n) is 25.1. The number of anilines is 1. The molecule has 0 aromatic heterocycles. The van der Waals surface area contributed by atoms with Crippen LogP contribution in [0.5, 0.6) is 5.75 Å². The Morgan fingerprint density at radius 3 is 2.14 bits per heavy atom. The van der Waals surface area contributed by atoms with Gasteiger partial charge in [-0.15, -0.1) is 0 Å². The molecule has 2 aliphatic rings. The molecule has 1 fully saturated rings. The minimum absolute atomic E-state index is 0.272. The topological polar surface area (TPSA) is 153 Å². The van der Waals surface area contributed by atoms with E-state index in [1.807, 2.05) is 6.07 Å². The minimum Gasteiger partial charge on any atom is -0.476 e. The molecule has 5 atom stereocenters. The van der Waals surface area contributed by atoms with E-state index in [1.165, 1.54) is 13.8 Å². The van der Waals surface area contributed by atoms with E-state index in [0.717, 1.165) is 19.4 Å². The first-order valence-electron chi connectivity index (χ1n) is 13.9. The van der Waals surface area contributed by atoms with Crippen molar-refractivity contribution in [1.29, 1.82) is 0 Å². The number of ether oxygens (including phenoxy) is 6. The highest BCUT2D eigenvalue weighted by atomic mass is 35.5. The molecule has 0 saturated carbocycles. The van der Waals surface area contributed by atoms with Crippen molar-refractivity contribution in [3.63, 3.8) is 0 Å². The van der Waals surface area contributed by atoms with Crippen LogP contribution in [0.15, 0.2) is 36.4 Å². The highest BCUT2D eigenvalue weighted by molar-refractivity contribution is 6.31. The number of halogens is 1. The fourth-order valence-corrected chi connectivity index (χ4v) is 5.28. The first-order chi connectivity index (χ1) is 20.6. The summed E-state index contributed by atoms with van der Waals surface area (Å²) in [6, 6.07) is 10.5.